The van der Waals surface area contributed by atoms with Gasteiger partial charge in [0.1, 0.15) is 0 Å². The summed E-state index contributed by atoms with van der Waals surface area (Å²) in [7, 11) is 0. The highest BCUT2D eigenvalue weighted by atomic mass is 32.1. The van der Waals surface area contributed by atoms with Crippen molar-refractivity contribution < 1.29 is 9.84 Å². The van der Waals surface area contributed by atoms with Gasteiger partial charge in [0.2, 0.25) is 5.95 Å². The van der Waals surface area contributed by atoms with E-state index in [-0.39, 0.29) is 22.4 Å². The fraction of sp³-hybridized carbons (Fsp3) is 0.200. The van der Waals surface area contributed by atoms with Gasteiger partial charge in [0.25, 0.3) is 5.56 Å². The van der Waals surface area contributed by atoms with Crippen molar-refractivity contribution in [3.8, 4) is 11.5 Å². The Hall–Kier alpha value is -2.74. The van der Waals surface area contributed by atoms with Crippen molar-refractivity contribution in [1.82, 2.24) is 9.97 Å². The molecule has 0 amide bonds. The molecule has 2 aromatic rings. The van der Waals surface area contributed by atoms with Crippen LogP contribution in [0.4, 0.5) is 5.95 Å². The third-order valence-electron chi connectivity index (χ3n) is 2.71. The molecular formula is C15H16N4O3S. The van der Waals surface area contributed by atoms with Gasteiger partial charge in [-0.05, 0) is 49.8 Å². The lowest BCUT2D eigenvalue weighted by Crippen LogP contribution is -2.15. The maximum absolute atomic E-state index is 11.3. The summed E-state index contributed by atoms with van der Waals surface area (Å²) < 4.78 is 5.30. The van der Waals surface area contributed by atoms with Crippen molar-refractivity contribution in [1.29, 1.82) is 0 Å². The maximum Gasteiger partial charge on any atom is 0.252 e. The third-order valence-corrected chi connectivity index (χ3v) is 2.92. The second kappa shape index (κ2) is 7.50. The zero-order chi connectivity index (χ0) is 16.8. The largest absolute Gasteiger partial charge is 0.504 e. The Bertz CT molecular complexity index is 802. The number of aromatic amines is 1. The van der Waals surface area contributed by atoms with Crippen molar-refractivity contribution >= 4 is 29.5 Å². The first-order valence-corrected chi connectivity index (χ1v) is 7.27. The molecule has 23 heavy (non-hydrogen) atoms. The van der Waals surface area contributed by atoms with Crippen LogP contribution in [0.2, 0.25) is 0 Å². The number of aromatic hydroxyl groups is 1. The molecule has 2 rings (SSSR count). The van der Waals surface area contributed by atoms with Crippen LogP contribution in [0.1, 0.15) is 18.2 Å². The summed E-state index contributed by atoms with van der Waals surface area (Å²) in [5, 5.41) is 12.5. The van der Waals surface area contributed by atoms with E-state index in [2.05, 4.69) is 20.3 Å². The second-order valence-electron chi connectivity index (χ2n) is 4.58. The summed E-state index contributed by atoms with van der Waals surface area (Å²) in [6.07, 6.45) is 1.52. The predicted molar refractivity (Wildman–Crippen MR) is 92.7 cm³/mol. The fourth-order valence-corrected chi connectivity index (χ4v) is 1.94. The molecule has 0 unspecified atom stereocenters. The summed E-state index contributed by atoms with van der Waals surface area (Å²) in [4.78, 5) is 22.0. The van der Waals surface area contributed by atoms with Crippen LogP contribution in [0.3, 0.4) is 0 Å². The number of nitrogens with one attached hydrogen (secondary N) is 2. The van der Waals surface area contributed by atoms with E-state index in [1.807, 2.05) is 6.92 Å². The van der Waals surface area contributed by atoms with Crippen LogP contribution >= 0.6 is 12.2 Å². The highest BCUT2D eigenvalue weighted by Crippen LogP contribution is 2.26. The number of hydrogen-bond acceptors (Lipinski definition) is 5. The van der Waals surface area contributed by atoms with E-state index in [1.54, 1.807) is 19.1 Å². The number of nitrogens with zero attached hydrogens (tertiary/aromatic N) is 2. The first kappa shape index (κ1) is 16.6. The van der Waals surface area contributed by atoms with Crippen LogP contribution in [-0.2, 0) is 0 Å². The topological polar surface area (TPSA) is 99.6 Å². The SMILES string of the molecule is CCOc1cc(C=NC(=S)Nc2nc(C)cc(=O)[nH]2)ccc1O. The molecule has 0 saturated heterocycles. The first-order valence-electron chi connectivity index (χ1n) is 6.86. The maximum atomic E-state index is 11.3. The van der Waals surface area contributed by atoms with Gasteiger partial charge in [0.05, 0.1) is 6.61 Å². The Morgan fingerprint density at radius 1 is 1.52 bits per heavy atom. The Balaban J connectivity index is 2.09. The molecule has 1 heterocycles. The number of thiocarbonyl (C=S) groups is 1. The van der Waals surface area contributed by atoms with Gasteiger partial charge in [-0.3, -0.25) is 9.78 Å². The lowest BCUT2D eigenvalue weighted by molar-refractivity contribution is 0.318. The highest BCUT2D eigenvalue weighted by Gasteiger charge is 2.03. The van der Waals surface area contributed by atoms with E-state index in [4.69, 9.17) is 17.0 Å². The molecular weight excluding hydrogens is 316 g/mol. The highest BCUT2D eigenvalue weighted by molar-refractivity contribution is 7.80. The van der Waals surface area contributed by atoms with E-state index < -0.39 is 0 Å². The minimum absolute atomic E-state index is 0.0613. The summed E-state index contributed by atoms with van der Waals surface area (Å²) in [5.41, 5.74) is 1.01. The Kier molecular flexibility index (Phi) is 5.42. The average Bonchev–Trinajstić information content (AvgIpc) is 2.47. The van der Waals surface area contributed by atoms with Gasteiger partial charge in [-0.2, -0.15) is 0 Å². The third kappa shape index (κ3) is 4.89. The summed E-state index contributed by atoms with van der Waals surface area (Å²) in [5.74, 6) is 0.670. The van der Waals surface area contributed by atoms with Crippen molar-refractivity contribution in [2.45, 2.75) is 13.8 Å². The molecule has 0 spiro atoms. The molecule has 0 bridgehead atoms. The number of rotatable bonds is 4. The summed E-state index contributed by atoms with van der Waals surface area (Å²) >= 11 is 5.08. The minimum atomic E-state index is -0.272. The monoisotopic (exact) mass is 332 g/mol. The Morgan fingerprint density at radius 2 is 2.30 bits per heavy atom. The molecule has 120 valence electrons. The fourth-order valence-electron chi connectivity index (χ4n) is 1.79. The molecule has 0 radical (unpaired) electrons. The van der Waals surface area contributed by atoms with E-state index in [0.29, 0.717) is 23.6 Å². The number of aryl methyl sites for hydroxylation is 1. The second-order valence-corrected chi connectivity index (χ2v) is 4.97. The van der Waals surface area contributed by atoms with Gasteiger partial charge in [-0.25, -0.2) is 9.98 Å². The molecule has 8 heteroatoms. The summed E-state index contributed by atoms with van der Waals surface area (Å²) in [6.45, 7) is 3.98. The number of anilines is 1. The number of benzene rings is 1. The van der Waals surface area contributed by atoms with Gasteiger partial charge < -0.3 is 15.2 Å². The lowest BCUT2D eigenvalue weighted by Gasteiger charge is -2.06. The van der Waals surface area contributed by atoms with Crippen LogP contribution in [-0.4, -0.2) is 33.0 Å². The van der Waals surface area contributed by atoms with E-state index in [0.717, 1.165) is 0 Å². The minimum Gasteiger partial charge on any atom is -0.504 e. The zero-order valence-corrected chi connectivity index (χ0v) is 13.5. The smallest absolute Gasteiger partial charge is 0.252 e. The molecule has 0 aliphatic heterocycles. The predicted octanol–water partition coefficient (Wildman–Crippen LogP) is 2.00. The number of aliphatic imine (C=N–C) groups is 1. The number of aromatic nitrogens is 2. The van der Waals surface area contributed by atoms with Gasteiger partial charge in [0.15, 0.2) is 16.6 Å². The van der Waals surface area contributed by atoms with Gasteiger partial charge in [0, 0.05) is 18.0 Å². The van der Waals surface area contributed by atoms with Gasteiger partial charge in [-0.1, -0.05) is 0 Å². The standard InChI is InChI=1S/C15H16N4O3S/c1-3-22-12-7-10(4-5-11(12)20)8-16-15(23)19-14-17-9(2)6-13(21)18-14/h4-8,20H,3H2,1-2H3,(H2,17,18,19,21,23). The molecule has 0 atom stereocenters. The van der Waals surface area contributed by atoms with Crippen molar-refractivity contribution in [2.24, 2.45) is 4.99 Å². The Labute approximate surface area is 138 Å². The van der Waals surface area contributed by atoms with Crippen LogP contribution in [0.25, 0.3) is 0 Å². The van der Waals surface area contributed by atoms with E-state index >= 15 is 0 Å². The van der Waals surface area contributed by atoms with Crippen LogP contribution in [0, 0.1) is 6.92 Å². The van der Waals surface area contributed by atoms with E-state index in [1.165, 1.54) is 18.3 Å². The van der Waals surface area contributed by atoms with Crippen LogP contribution < -0.4 is 15.6 Å². The molecule has 1 aromatic heterocycles. The molecule has 0 aliphatic rings. The first-order chi connectivity index (χ1) is 11.0. The van der Waals surface area contributed by atoms with Crippen molar-refractivity contribution in [3.05, 3.63) is 45.9 Å². The molecule has 1 aromatic carbocycles. The number of H-pyrrole nitrogens is 1. The van der Waals surface area contributed by atoms with Crippen LogP contribution in [0.15, 0.2) is 34.1 Å². The number of ether oxygens (including phenoxy) is 1. The molecule has 0 saturated carbocycles. The molecule has 7 nitrogen and oxygen atoms in total. The Morgan fingerprint density at radius 3 is 3.00 bits per heavy atom. The van der Waals surface area contributed by atoms with Crippen molar-refractivity contribution in [2.75, 3.05) is 11.9 Å². The average molecular weight is 332 g/mol. The number of phenolic OH excluding ortho intramolecular Hbond substituents is 1. The molecule has 0 aliphatic carbocycles. The number of hydrogen-bond donors (Lipinski definition) is 3. The van der Waals surface area contributed by atoms with Gasteiger partial charge in [-0.15, -0.1) is 0 Å². The zero-order valence-electron chi connectivity index (χ0n) is 12.7. The van der Waals surface area contributed by atoms with Crippen molar-refractivity contribution in [3.63, 3.8) is 0 Å². The molecule has 3 N–H and O–H groups in total. The normalized spacial score (nSPS) is 10.7. The van der Waals surface area contributed by atoms with E-state index in [9.17, 15) is 9.90 Å². The van der Waals surface area contributed by atoms with Gasteiger partial charge >= 0.3 is 0 Å². The summed E-state index contributed by atoms with van der Waals surface area (Å²) in [6, 6.07) is 6.22. The molecule has 0 fully saturated rings. The quantitative estimate of drug-likeness (QED) is 0.585. The lowest BCUT2D eigenvalue weighted by atomic mass is 10.2. The number of phenols is 1. The van der Waals surface area contributed by atoms with Crippen LogP contribution in [0.5, 0.6) is 11.5 Å².